The first-order valence-electron chi connectivity index (χ1n) is 7.25. The predicted octanol–water partition coefficient (Wildman–Crippen LogP) is 1.57. The van der Waals surface area contributed by atoms with Crippen LogP contribution in [0, 0.1) is 17.2 Å². The van der Waals surface area contributed by atoms with Gasteiger partial charge in [0.05, 0.1) is 17.7 Å². The molecule has 1 aliphatic heterocycles. The van der Waals surface area contributed by atoms with Crippen LogP contribution in [0.5, 0.6) is 0 Å². The monoisotopic (exact) mass is 287 g/mol. The average molecular weight is 287 g/mol. The fourth-order valence-electron chi connectivity index (χ4n) is 2.83. The Morgan fingerprint density at radius 3 is 2.67 bits per heavy atom. The Labute approximate surface area is 125 Å². The SMILES string of the molecule is CNC(=O)C1CCN(c2cc(C#N)ccc2[C@@H](C)O)CC1. The molecular formula is C16H21N3O2. The molecule has 0 spiro atoms. The second-order valence-corrected chi connectivity index (χ2v) is 5.44. The number of rotatable bonds is 3. The third-order valence-corrected chi connectivity index (χ3v) is 4.06. The lowest BCUT2D eigenvalue weighted by Crippen LogP contribution is -2.40. The van der Waals surface area contributed by atoms with Crippen molar-refractivity contribution in [1.82, 2.24) is 5.32 Å². The third kappa shape index (κ3) is 3.34. The molecule has 1 saturated heterocycles. The van der Waals surface area contributed by atoms with Crippen LogP contribution in [0.25, 0.3) is 0 Å². The van der Waals surface area contributed by atoms with Gasteiger partial charge in [0, 0.05) is 37.3 Å². The number of nitriles is 1. The number of amides is 1. The standard InChI is InChI=1S/C16H21N3O2/c1-11(20)14-4-3-12(10-17)9-15(14)19-7-5-13(6-8-19)16(21)18-2/h3-4,9,11,13,20H,5-8H2,1-2H3,(H,18,21)/t11-/m1/s1. The van der Waals surface area contributed by atoms with Gasteiger partial charge in [0.1, 0.15) is 0 Å². The quantitative estimate of drug-likeness (QED) is 0.885. The van der Waals surface area contributed by atoms with Gasteiger partial charge in [-0.05, 0) is 31.9 Å². The van der Waals surface area contributed by atoms with Gasteiger partial charge in [-0.3, -0.25) is 4.79 Å². The van der Waals surface area contributed by atoms with Crippen molar-refractivity contribution in [3.05, 3.63) is 29.3 Å². The summed E-state index contributed by atoms with van der Waals surface area (Å²) in [5, 5.41) is 21.7. The number of piperidine rings is 1. The molecule has 1 amide bonds. The lowest BCUT2D eigenvalue weighted by molar-refractivity contribution is -0.125. The van der Waals surface area contributed by atoms with Gasteiger partial charge in [0.2, 0.25) is 5.91 Å². The molecule has 1 aromatic carbocycles. The van der Waals surface area contributed by atoms with Crippen molar-refractivity contribution >= 4 is 11.6 Å². The molecule has 21 heavy (non-hydrogen) atoms. The van der Waals surface area contributed by atoms with E-state index < -0.39 is 6.10 Å². The predicted molar refractivity (Wildman–Crippen MR) is 80.8 cm³/mol. The Hall–Kier alpha value is -2.06. The van der Waals surface area contributed by atoms with Crippen molar-refractivity contribution < 1.29 is 9.90 Å². The summed E-state index contributed by atoms with van der Waals surface area (Å²) in [5.41, 5.74) is 2.31. The van der Waals surface area contributed by atoms with Gasteiger partial charge in [-0.1, -0.05) is 6.07 Å². The van der Waals surface area contributed by atoms with Crippen LogP contribution in [0.15, 0.2) is 18.2 Å². The lowest BCUT2D eigenvalue weighted by Gasteiger charge is -2.34. The van der Waals surface area contributed by atoms with E-state index in [1.165, 1.54) is 0 Å². The summed E-state index contributed by atoms with van der Waals surface area (Å²) in [6.07, 6.45) is 0.996. The van der Waals surface area contributed by atoms with Crippen molar-refractivity contribution in [3.8, 4) is 6.07 Å². The highest BCUT2D eigenvalue weighted by molar-refractivity contribution is 5.78. The number of aliphatic hydroxyl groups is 1. The Kier molecular flexibility index (Phi) is 4.81. The highest BCUT2D eigenvalue weighted by Gasteiger charge is 2.26. The maximum Gasteiger partial charge on any atom is 0.222 e. The zero-order valence-electron chi connectivity index (χ0n) is 12.5. The Morgan fingerprint density at radius 2 is 2.14 bits per heavy atom. The van der Waals surface area contributed by atoms with E-state index in [-0.39, 0.29) is 11.8 Å². The van der Waals surface area contributed by atoms with Crippen LogP contribution in [0.4, 0.5) is 5.69 Å². The molecule has 0 radical (unpaired) electrons. The molecule has 0 bridgehead atoms. The maximum absolute atomic E-state index is 11.7. The minimum Gasteiger partial charge on any atom is -0.389 e. The lowest BCUT2D eigenvalue weighted by atomic mass is 9.94. The topological polar surface area (TPSA) is 76.4 Å². The zero-order valence-corrected chi connectivity index (χ0v) is 12.5. The van der Waals surface area contributed by atoms with Crippen LogP contribution in [0.1, 0.15) is 37.0 Å². The van der Waals surface area contributed by atoms with E-state index in [9.17, 15) is 9.90 Å². The fraction of sp³-hybridized carbons (Fsp3) is 0.500. The van der Waals surface area contributed by atoms with Gasteiger partial charge in [0.15, 0.2) is 0 Å². The second-order valence-electron chi connectivity index (χ2n) is 5.44. The van der Waals surface area contributed by atoms with Crippen molar-refractivity contribution in [2.45, 2.75) is 25.9 Å². The Morgan fingerprint density at radius 1 is 1.48 bits per heavy atom. The number of aliphatic hydroxyl groups excluding tert-OH is 1. The van der Waals surface area contributed by atoms with Crippen LogP contribution < -0.4 is 10.2 Å². The second kappa shape index (κ2) is 6.59. The van der Waals surface area contributed by atoms with Crippen LogP contribution in [-0.4, -0.2) is 31.2 Å². The van der Waals surface area contributed by atoms with E-state index in [4.69, 9.17) is 5.26 Å². The summed E-state index contributed by atoms with van der Waals surface area (Å²) in [6, 6.07) is 7.49. The van der Waals surface area contributed by atoms with Crippen molar-refractivity contribution in [3.63, 3.8) is 0 Å². The summed E-state index contributed by atoms with van der Waals surface area (Å²) in [5.74, 6) is 0.150. The van der Waals surface area contributed by atoms with E-state index in [1.54, 1.807) is 20.0 Å². The summed E-state index contributed by atoms with van der Waals surface area (Å²) >= 11 is 0. The highest BCUT2D eigenvalue weighted by Crippen LogP contribution is 2.31. The van der Waals surface area contributed by atoms with Crippen molar-refractivity contribution in [2.24, 2.45) is 5.92 Å². The molecule has 1 aromatic rings. The van der Waals surface area contributed by atoms with Gasteiger partial charge in [0.25, 0.3) is 0 Å². The van der Waals surface area contributed by atoms with E-state index in [0.29, 0.717) is 5.56 Å². The molecule has 1 fully saturated rings. The molecule has 5 nitrogen and oxygen atoms in total. The molecule has 1 aliphatic rings. The third-order valence-electron chi connectivity index (χ3n) is 4.06. The number of hydrogen-bond acceptors (Lipinski definition) is 4. The maximum atomic E-state index is 11.7. The molecule has 0 unspecified atom stereocenters. The molecule has 1 atom stereocenters. The molecule has 2 N–H and O–H groups in total. The zero-order chi connectivity index (χ0) is 15.4. The van der Waals surface area contributed by atoms with Gasteiger partial charge >= 0.3 is 0 Å². The molecule has 1 heterocycles. The van der Waals surface area contributed by atoms with E-state index >= 15 is 0 Å². The van der Waals surface area contributed by atoms with Gasteiger partial charge in [-0.25, -0.2) is 0 Å². The fourth-order valence-corrected chi connectivity index (χ4v) is 2.83. The van der Waals surface area contributed by atoms with Crippen LogP contribution in [0.3, 0.4) is 0 Å². The average Bonchev–Trinajstić information content (AvgIpc) is 2.53. The first-order chi connectivity index (χ1) is 10.1. The number of nitrogens with zero attached hydrogens (tertiary/aromatic N) is 2. The summed E-state index contributed by atoms with van der Waals surface area (Å²) in [7, 11) is 1.66. The minimum absolute atomic E-state index is 0.0559. The molecular weight excluding hydrogens is 266 g/mol. The van der Waals surface area contributed by atoms with Crippen LogP contribution in [-0.2, 0) is 4.79 Å². The van der Waals surface area contributed by atoms with Crippen molar-refractivity contribution in [2.75, 3.05) is 25.0 Å². The highest BCUT2D eigenvalue weighted by atomic mass is 16.3. The Balaban J connectivity index is 2.19. The molecule has 0 aliphatic carbocycles. The number of carbonyl (C=O) groups excluding carboxylic acids is 1. The van der Waals surface area contributed by atoms with E-state index in [0.717, 1.165) is 37.2 Å². The Bertz CT molecular complexity index is 555. The number of nitrogens with one attached hydrogen (secondary N) is 1. The van der Waals surface area contributed by atoms with Gasteiger partial charge < -0.3 is 15.3 Å². The normalized spacial score (nSPS) is 17.1. The van der Waals surface area contributed by atoms with Gasteiger partial charge in [-0.15, -0.1) is 0 Å². The molecule has 0 aromatic heterocycles. The first-order valence-corrected chi connectivity index (χ1v) is 7.25. The largest absolute Gasteiger partial charge is 0.389 e. The molecule has 112 valence electrons. The molecule has 2 rings (SSSR count). The molecule has 0 saturated carbocycles. The number of carbonyl (C=O) groups is 1. The van der Waals surface area contributed by atoms with E-state index in [1.807, 2.05) is 12.1 Å². The van der Waals surface area contributed by atoms with Crippen LogP contribution in [0.2, 0.25) is 0 Å². The summed E-state index contributed by atoms with van der Waals surface area (Å²) in [4.78, 5) is 13.8. The number of hydrogen-bond donors (Lipinski definition) is 2. The first kappa shape index (κ1) is 15.3. The minimum atomic E-state index is -0.579. The molecule has 5 heteroatoms. The smallest absolute Gasteiger partial charge is 0.222 e. The number of benzene rings is 1. The van der Waals surface area contributed by atoms with Crippen LogP contribution >= 0.6 is 0 Å². The summed E-state index contributed by atoms with van der Waals surface area (Å²) in [6.45, 7) is 3.24. The van der Waals surface area contributed by atoms with Crippen molar-refractivity contribution in [1.29, 1.82) is 5.26 Å². The summed E-state index contributed by atoms with van der Waals surface area (Å²) < 4.78 is 0. The van der Waals surface area contributed by atoms with Gasteiger partial charge in [-0.2, -0.15) is 5.26 Å². The van der Waals surface area contributed by atoms with E-state index in [2.05, 4.69) is 16.3 Å². The number of anilines is 1.